The van der Waals surface area contributed by atoms with Gasteiger partial charge in [-0.15, -0.1) is 0 Å². The fourth-order valence-electron chi connectivity index (χ4n) is 6.17. The smallest absolute Gasteiger partial charge is 0.251 e. The second kappa shape index (κ2) is 8.01. The molecule has 3 aliphatic heterocycles. The quantitative estimate of drug-likeness (QED) is 0.446. The number of rotatable bonds is 4. The van der Waals surface area contributed by atoms with Crippen LogP contribution in [0.25, 0.3) is 16.9 Å². The molecule has 9 nitrogen and oxygen atoms in total. The standard InChI is InChI=1S/C28H30N8O/c1-28(2,3)35-15-21-11-22(35)14-34(21)20-7-5-19(6-8-20)33-25-26-31-16-32-36(26)24(13-29-25)17-4-9-23-18(10-17)12-30-27(23)37/h4-10,13,16,21-22H,11-12,14-15H2,1-3H3,(H,29,33)(H,30,37)/t21-,22-/m1/s1. The largest absolute Gasteiger partial charge is 0.366 e. The van der Waals surface area contributed by atoms with Crippen LogP contribution in [0.1, 0.15) is 43.1 Å². The van der Waals surface area contributed by atoms with Gasteiger partial charge in [0.15, 0.2) is 11.5 Å². The van der Waals surface area contributed by atoms with Gasteiger partial charge in [-0.25, -0.2) is 14.5 Å². The molecule has 0 saturated carbocycles. The summed E-state index contributed by atoms with van der Waals surface area (Å²) in [6.45, 7) is 9.71. The van der Waals surface area contributed by atoms with Crippen LogP contribution in [0.2, 0.25) is 0 Å². The molecule has 2 atom stereocenters. The van der Waals surface area contributed by atoms with Gasteiger partial charge in [0, 0.05) is 59.8 Å². The lowest BCUT2D eigenvalue weighted by atomic mass is 10.0. The van der Waals surface area contributed by atoms with E-state index in [1.165, 1.54) is 18.4 Å². The maximum absolute atomic E-state index is 11.9. The van der Waals surface area contributed by atoms with Gasteiger partial charge in [0.05, 0.1) is 11.9 Å². The van der Waals surface area contributed by atoms with Crippen molar-refractivity contribution in [2.24, 2.45) is 0 Å². The topological polar surface area (TPSA) is 90.7 Å². The molecule has 37 heavy (non-hydrogen) atoms. The van der Waals surface area contributed by atoms with E-state index in [0.717, 1.165) is 41.2 Å². The van der Waals surface area contributed by atoms with Gasteiger partial charge in [0.2, 0.25) is 0 Å². The highest BCUT2D eigenvalue weighted by molar-refractivity contribution is 5.98. The van der Waals surface area contributed by atoms with E-state index >= 15 is 0 Å². The number of carbonyl (C=O) groups is 1. The van der Waals surface area contributed by atoms with Gasteiger partial charge in [0.1, 0.15) is 6.33 Å². The summed E-state index contributed by atoms with van der Waals surface area (Å²) in [4.78, 5) is 26.3. The minimum absolute atomic E-state index is 0.0275. The zero-order valence-corrected chi connectivity index (χ0v) is 21.3. The van der Waals surface area contributed by atoms with Crippen LogP contribution >= 0.6 is 0 Å². The van der Waals surface area contributed by atoms with Gasteiger partial charge in [-0.05, 0) is 69.2 Å². The van der Waals surface area contributed by atoms with Crippen LogP contribution in [0.4, 0.5) is 17.2 Å². The summed E-state index contributed by atoms with van der Waals surface area (Å²) in [5.74, 6) is 0.619. The van der Waals surface area contributed by atoms with Crippen LogP contribution in [0.5, 0.6) is 0 Å². The van der Waals surface area contributed by atoms with E-state index in [9.17, 15) is 4.79 Å². The second-order valence-corrected chi connectivity index (χ2v) is 11.2. The molecule has 9 heteroatoms. The van der Waals surface area contributed by atoms with E-state index < -0.39 is 0 Å². The minimum Gasteiger partial charge on any atom is -0.366 e. The molecule has 0 unspecified atom stereocenters. The number of aromatic nitrogens is 4. The molecule has 5 heterocycles. The van der Waals surface area contributed by atoms with Gasteiger partial charge in [0.25, 0.3) is 5.91 Å². The van der Waals surface area contributed by atoms with Crippen molar-refractivity contribution >= 4 is 28.7 Å². The Bertz CT molecular complexity index is 1520. The first-order chi connectivity index (χ1) is 17.8. The molecule has 2 N–H and O–H groups in total. The lowest BCUT2D eigenvalue weighted by Gasteiger charge is -2.42. The molecular weight excluding hydrogens is 464 g/mol. The predicted molar refractivity (Wildman–Crippen MR) is 143 cm³/mol. The molecule has 1 amide bonds. The molecule has 2 aromatic heterocycles. The lowest BCUT2D eigenvalue weighted by Crippen LogP contribution is -2.53. The van der Waals surface area contributed by atoms with Crippen LogP contribution in [-0.4, -0.2) is 61.1 Å². The Kier molecular flexibility index (Phi) is 4.81. The third-order valence-electron chi connectivity index (χ3n) is 7.95. The SMILES string of the molecule is CC(C)(C)N1C[C@H]2C[C@@H]1CN2c1ccc(Nc2ncc(-c3ccc4c(c3)CNC4=O)n3ncnc23)cc1. The molecular formula is C28H30N8O. The Morgan fingerprint density at radius 2 is 1.86 bits per heavy atom. The van der Waals surface area contributed by atoms with Gasteiger partial charge >= 0.3 is 0 Å². The third-order valence-corrected chi connectivity index (χ3v) is 7.95. The van der Waals surface area contributed by atoms with Crippen molar-refractivity contribution in [3.63, 3.8) is 0 Å². The van der Waals surface area contributed by atoms with E-state index in [1.807, 2.05) is 18.2 Å². The fourth-order valence-corrected chi connectivity index (χ4v) is 6.17. The van der Waals surface area contributed by atoms with Crippen molar-refractivity contribution in [2.45, 2.75) is 51.4 Å². The number of hydrogen-bond acceptors (Lipinski definition) is 7. The molecule has 7 rings (SSSR count). The van der Waals surface area contributed by atoms with Gasteiger partial charge in [-0.2, -0.15) is 5.10 Å². The van der Waals surface area contributed by atoms with E-state index in [0.29, 0.717) is 30.1 Å². The molecule has 2 saturated heterocycles. The average Bonchev–Trinajstić information content (AvgIpc) is 3.68. The van der Waals surface area contributed by atoms with Crippen LogP contribution in [0, 0.1) is 0 Å². The molecule has 0 radical (unpaired) electrons. The Morgan fingerprint density at radius 3 is 2.62 bits per heavy atom. The monoisotopic (exact) mass is 494 g/mol. The van der Waals surface area contributed by atoms with Gasteiger partial charge < -0.3 is 15.5 Å². The minimum atomic E-state index is -0.0275. The molecule has 2 bridgehead atoms. The second-order valence-electron chi connectivity index (χ2n) is 11.2. The van der Waals surface area contributed by atoms with Crippen molar-refractivity contribution in [3.8, 4) is 11.3 Å². The molecule has 0 aliphatic carbocycles. The Labute approximate surface area is 215 Å². The summed E-state index contributed by atoms with van der Waals surface area (Å²) in [5.41, 5.74) is 6.57. The number of carbonyl (C=O) groups excluding carboxylic acids is 1. The van der Waals surface area contributed by atoms with E-state index in [4.69, 9.17) is 0 Å². The number of piperazine rings is 1. The van der Waals surface area contributed by atoms with E-state index in [1.54, 1.807) is 10.7 Å². The first-order valence-corrected chi connectivity index (χ1v) is 12.9. The Morgan fingerprint density at radius 1 is 1.03 bits per heavy atom. The van der Waals surface area contributed by atoms with E-state index in [-0.39, 0.29) is 11.4 Å². The lowest BCUT2D eigenvalue weighted by molar-refractivity contribution is 0.0965. The normalized spacial score (nSPS) is 21.1. The molecule has 0 spiro atoms. The third kappa shape index (κ3) is 3.64. The number of amides is 1. The number of likely N-dealkylation sites (tertiary alicyclic amines) is 1. The van der Waals surface area contributed by atoms with Crippen LogP contribution in [0.15, 0.2) is 55.0 Å². The maximum Gasteiger partial charge on any atom is 0.251 e. The first kappa shape index (κ1) is 22.2. The number of anilines is 3. The first-order valence-electron chi connectivity index (χ1n) is 12.9. The van der Waals surface area contributed by atoms with Gasteiger partial charge in [-0.1, -0.05) is 6.07 Å². The summed E-state index contributed by atoms with van der Waals surface area (Å²) in [7, 11) is 0. The average molecular weight is 495 g/mol. The fraction of sp³-hybridized carbons (Fsp3) is 0.357. The van der Waals surface area contributed by atoms with Crippen LogP contribution in [0.3, 0.4) is 0 Å². The molecule has 2 aromatic carbocycles. The molecule has 188 valence electrons. The molecule has 2 fully saturated rings. The predicted octanol–water partition coefficient (Wildman–Crippen LogP) is 3.84. The maximum atomic E-state index is 11.9. The Hall–Kier alpha value is -3.98. The summed E-state index contributed by atoms with van der Waals surface area (Å²) >= 11 is 0. The van der Waals surface area contributed by atoms with Crippen molar-refractivity contribution in [1.82, 2.24) is 29.8 Å². The van der Waals surface area contributed by atoms with Crippen molar-refractivity contribution in [3.05, 3.63) is 66.1 Å². The number of nitrogens with one attached hydrogen (secondary N) is 2. The highest BCUT2D eigenvalue weighted by Gasteiger charge is 2.46. The van der Waals surface area contributed by atoms with Crippen molar-refractivity contribution < 1.29 is 4.79 Å². The van der Waals surface area contributed by atoms with Crippen molar-refractivity contribution in [2.75, 3.05) is 23.3 Å². The summed E-state index contributed by atoms with van der Waals surface area (Å²) < 4.78 is 1.79. The van der Waals surface area contributed by atoms with E-state index in [2.05, 4.69) is 80.5 Å². The molecule has 3 aliphatic rings. The number of hydrogen-bond donors (Lipinski definition) is 2. The van der Waals surface area contributed by atoms with Crippen LogP contribution < -0.4 is 15.5 Å². The molecule has 4 aromatic rings. The highest BCUT2D eigenvalue weighted by Crippen LogP contribution is 2.38. The zero-order valence-electron chi connectivity index (χ0n) is 21.3. The number of nitrogens with zero attached hydrogens (tertiary/aromatic N) is 6. The van der Waals surface area contributed by atoms with Gasteiger partial charge in [-0.3, -0.25) is 9.69 Å². The Balaban J connectivity index is 1.11. The zero-order chi connectivity index (χ0) is 25.3. The summed E-state index contributed by atoms with van der Waals surface area (Å²) in [5, 5.41) is 10.7. The highest BCUT2D eigenvalue weighted by atomic mass is 16.1. The van der Waals surface area contributed by atoms with Crippen molar-refractivity contribution in [1.29, 1.82) is 0 Å². The summed E-state index contributed by atoms with van der Waals surface area (Å²) in [6, 6.07) is 15.6. The number of benzene rings is 2. The summed E-state index contributed by atoms with van der Waals surface area (Å²) in [6.07, 6.45) is 4.58. The van der Waals surface area contributed by atoms with Crippen LogP contribution in [-0.2, 0) is 6.54 Å². The number of fused-ring (bicyclic) bond motifs is 4.